The van der Waals surface area contributed by atoms with Gasteiger partial charge in [0.2, 0.25) is 0 Å². The highest BCUT2D eigenvalue weighted by molar-refractivity contribution is 7.47. The third-order valence-electron chi connectivity index (χ3n) is 15.8. The summed E-state index contributed by atoms with van der Waals surface area (Å²) in [6.07, 6.45) is 84.1. The number of carbonyl (C=O) groups excluding carboxylic acids is 4. The smallest absolute Gasteiger partial charge is 0.462 e. The van der Waals surface area contributed by atoms with Crippen molar-refractivity contribution in [3.05, 3.63) is 146 Å². The number of carbonyl (C=O) groups is 4. The number of ether oxygens (including phenoxy) is 4. The fourth-order valence-corrected chi connectivity index (χ4v) is 11.5. The van der Waals surface area contributed by atoms with Crippen LogP contribution in [0.5, 0.6) is 0 Å². The van der Waals surface area contributed by atoms with Crippen LogP contribution >= 0.6 is 15.6 Å². The Morgan fingerprint density at radius 3 is 0.804 bits per heavy atom. The van der Waals surface area contributed by atoms with E-state index in [1.165, 1.54) is 64.2 Å². The van der Waals surface area contributed by atoms with Crippen molar-refractivity contribution in [2.24, 2.45) is 0 Å². The maximum Gasteiger partial charge on any atom is 0.472 e. The van der Waals surface area contributed by atoms with Gasteiger partial charge in [0.05, 0.1) is 26.4 Å². The van der Waals surface area contributed by atoms with E-state index < -0.39 is 97.5 Å². The monoisotopic (exact) mass is 1470 g/mol. The molecule has 3 N–H and O–H groups in total. The van der Waals surface area contributed by atoms with E-state index in [0.717, 1.165) is 148 Å². The molecule has 0 amide bonds. The van der Waals surface area contributed by atoms with Crippen LogP contribution in [-0.4, -0.2) is 96.7 Å². The lowest BCUT2D eigenvalue weighted by molar-refractivity contribution is -0.161. The first-order valence-electron chi connectivity index (χ1n) is 39.1. The predicted octanol–water partition coefficient (Wildman–Crippen LogP) is 22.7. The second kappa shape index (κ2) is 74.2. The average Bonchev–Trinajstić information content (AvgIpc) is 0.923. The van der Waals surface area contributed by atoms with Crippen molar-refractivity contribution in [1.82, 2.24) is 0 Å². The lowest BCUT2D eigenvalue weighted by Gasteiger charge is -2.21. The Morgan fingerprint density at radius 2 is 0.510 bits per heavy atom. The molecule has 0 saturated carbocycles. The van der Waals surface area contributed by atoms with Gasteiger partial charge in [-0.1, -0.05) is 276 Å². The molecule has 0 saturated heterocycles. The van der Waals surface area contributed by atoms with Crippen molar-refractivity contribution < 1.29 is 80.2 Å². The van der Waals surface area contributed by atoms with Gasteiger partial charge in [-0.15, -0.1) is 0 Å². The number of esters is 4. The molecule has 0 aliphatic heterocycles. The van der Waals surface area contributed by atoms with Crippen LogP contribution in [0.25, 0.3) is 0 Å². The number of phosphoric ester groups is 2. The molecule has 5 atom stereocenters. The molecule has 0 aromatic carbocycles. The molecule has 0 aliphatic rings. The highest BCUT2D eigenvalue weighted by Gasteiger charge is 2.30. The van der Waals surface area contributed by atoms with Gasteiger partial charge in [-0.3, -0.25) is 37.3 Å². The van der Waals surface area contributed by atoms with E-state index in [4.69, 9.17) is 37.0 Å². The van der Waals surface area contributed by atoms with Gasteiger partial charge in [-0.25, -0.2) is 9.13 Å². The number of hydrogen-bond donors (Lipinski definition) is 3. The highest BCUT2D eigenvalue weighted by atomic mass is 31.2. The molecule has 17 nitrogen and oxygen atoms in total. The quantitative estimate of drug-likeness (QED) is 0.0169. The summed E-state index contributed by atoms with van der Waals surface area (Å²) in [5.41, 5.74) is 0. The molecule has 0 radical (unpaired) electrons. The maximum absolute atomic E-state index is 13.1. The Bertz CT molecular complexity index is 2510. The van der Waals surface area contributed by atoms with Crippen molar-refractivity contribution in [3.63, 3.8) is 0 Å². The second-order valence-corrected chi connectivity index (χ2v) is 28.4. The van der Waals surface area contributed by atoms with Gasteiger partial charge in [0.1, 0.15) is 19.3 Å². The first kappa shape index (κ1) is 96.9. The normalized spacial score (nSPS) is 14.7. The van der Waals surface area contributed by atoms with E-state index in [1.54, 1.807) is 0 Å². The zero-order valence-electron chi connectivity index (χ0n) is 63.5. The van der Waals surface area contributed by atoms with Crippen LogP contribution < -0.4 is 0 Å². The maximum atomic E-state index is 13.1. The van der Waals surface area contributed by atoms with Gasteiger partial charge in [0.15, 0.2) is 12.2 Å². The van der Waals surface area contributed by atoms with Crippen LogP contribution in [0, 0.1) is 0 Å². The van der Waals surface area contributed by atoms with Crippen LogP contribution in [-0.2, 0) is 65.4 Å². The standard InChI is InChI=1S/C83H138O17P2/c1-5-9-13-17-21-25-29-33-37-38-42-44-48-52-56-60-64-68-81(86)94-74-79(100-83(88)70-66-62-58-54-50-46-41-36-32-28-24-20-16-12-8-4)76-98-102(91,92)96-72-77(84)71-95-101(89,90)97-75-78(99-82(87)69-65-61-57-53-49-45-40-35-31-27-23-19-15-11-7-3)73-93-80(85)67-63-59-55-51-47-43-39-34-30-26-22-18-14-10-6-2/h9-11,13-15,21-23,25-27,33-35,37,39-40,42,44,47,49,51,53,77-79,84H,5-8,12,16-20,24,28-32,36,38,41,43,45-46,48,50,52,54-76H2,1-4H3,(H,89,90)(H,91,92)/b13-9-,14-10-,15-11-,25-21-,26-22-,27-23-,37-33-,39-34-,40-35-,44-42-,51-47-,53-49-. The molecule has 0 rings (SSSR count). The summed E-state index contributed by atoms with van der Waals surface area (Å²) in [5, 5.41) is 10.6. The molecule has 0 aromatic heterocycles. The van der Waals surface area contributed by atoms with Gasteiger partial charge >= 0.3 is 39.5 Å². The van der Waals surface area contributed by atoms with E-state index in [1.807, 2.05) is 0 Å². The topological polar surface area (TPSA) is 237 Å². The Balaban J connectivity index is 5.45. The number of aliphatic hydroxyl groups excluding tert-OH is 1. The summed E-state index contributed by atoms with van der Waals surface area (Å²) in [4.78, 5) is 72.9. The van der Waals surface area contributed by atoms with Crippen LogP contribution in [0.4, 0.5) is 0 Å². The van der Waals surface area contributed by atoms with Gasteiger partial charge in [-0.2, -0.15) is 0 Å². The summed E-state index contributed by atoms with van der Waals surface area (Å²) >= 11 is 0. The molecule has 5 unspecified atom stereocenters. The van der Waals surface area contributed by atoms with Crippen LogP contribution in [0.1, 0.15) is 297 Å². The summed E-state index contributed by atoms with van der Waals surface area (Å²) < 4.78 is 68.5. The fraction of sp³-hybridized carbons (Fsp3) is 0.663. The van der Waals surface area contributed by atoms with Crippen molar-refractivity contribution >= 4 is 39.5 Å². The van der Waals surface area contributed by atoms with Crippen LogP contribution in [0.3, 0.4) is 0 Å². The zero-order chi connectivity index (χ0) is 74.6. The first-order chi connectivity index (χ1) is 49.7. The number of unbranched alkanes of at least 4 members (excludes halogenated alkanes) is 22. The predicted molar refractivity (Wildman–Crippen MR) is 417 cm³/mol. The lowest BCUT2D eigenvalue weighted by Crippen LogP contribution is -2.30. The minimum atomic E-state index is -5.00. The Kier molecular flexibility index (Phi) is 70.5. The molecule has 582 valence electrons. The summed E-state index contributed by atoms with van der Waals surface area (Å²) in [5.74, 6) is -2.30. The molecule has 0 aliphatic carbocycles. The number of allylic oxidation sites excluding steroid dienone is 24. The second-order valence-electron chi connectivity index (χ2n) is 25.5. The van der Waals surface area contributed by atoms with Crippen molar-refractivity contribution in [2.45, 2.75) is 316 Å². The molecule has 0 spiro atoms. The van der Waals surface area contributed by atoms with Crippen molar-refractivity contribution in [3.8, 4) is 0 Å². The number of hydrogen-bond acceptors (Lipinski definition) is 15. The molecule has 102 heavy (non-hydrogen) atoms. The number of phosphoric acid groups is 2. The van der Waals surface area contributed by atoms with E-state index in [-0.39, 0.29) is 25.7 Å². The minimum absolute atomic E-state index is 0.0291. The number of aliphatic hydroxyl groups is 1. The molecule has 0 bridgehead atoms. The third-order valence-corrected chi connectivity index (χ3v) is 17.7. The summed E-state index contributed by atoms with van der Waals surface area (Å²) in [6, 6.07) is 0. The average molecular weight is 1470 g/mol. The van der Waals surface area contributed by atoms with Gasteiger partial charge < -0.3 is 33.8 Å². The van der Waals surface area contributed by atoms with Gasteiger partial charge in [-0.05, 0) is 141 Å². The Morgan fingerprint density at radius 1 is 0.284 bits per heavy atom. The molecule has 0 heterocycles. The minimum Gasteiger partial charge on any atom is -0.462 e. The lowest BCUT2D eigenvalue weighted by atomic mass is 10.0. The van der Waals surface area contributed by atoms with Crippen LogP contribution in [0.15, 0.2) is 146 Å². The third kappa shape index (κ3) is 73.3. The number of rotatable bonds is 72. The van der Waals surface area contributed by atoms with E-state index in [0.29, 0.717) is 32.1 Å². The molecular weight excluding hydrogens is 1330 g/mol. The van der Waals surface area contributed by atoms with Gasteiger partial charge in [0, 0.05) is 25.7 Å². The van der Waals surface area contributed by atoms with Crippen molar-refractivity contribution in [1.29, 1.82) is 0 Å². The summed E-state index contributed by atoms with van der Waals surface area (Å²) in [6.45, 7) is 4.41. The van der Waals surface area contributed by atoms with E-state index in [2.05, 4.69) is 174 Å². The zero-order valence-corrected chi connectivity index (χ0v) is 65.3. The molecule has 19 heteroatoms. The highest BCUT2D eigenvalue weighted by Crippen LogP contribution is 2.45. The van der Waals surface area contributed by atoms with Crippen LogP contribution in [0.2, 0.25) is 0 Å². The fourth-order valence-electron chi connectivity index (χ4n) is 9.96. The first-order valence-corrected chi connectivity index (χ1v) is 42.1. The molecule has 0 aromatic rings. The Labute approximate surface area is 617 Å². The Hall–Kier alpha value is -5.06. The summed E-state index contributed by atoms with van der Waals surface area (Å²) in [7, 11) is -9.99. The van der Waals surface area contributed by atoms with E-state index >= 15 is 0 Å². The van der Waals surface area contributed by atoms with Crippen molar-refractivity contribution in [2.75, 3.05) is 39.6 Å². The molecule has 0 fully saturated rings. The largest absolute Gasteiger partial charge is 0.472 e. The van der Waals surface area contributed by atoms with Gasteiger partial charge in [0.25, 0.3) is 0 Å². The van der Waals surface area contributed by atoms with E-state index in [9.17, 15) is 43.2 Å². The molecular formula is C83H138O17P2. The SMILES string of the molecule is CC/C=C\C/C=C\C/C=C\C/C=C\CCCCCCC(=O)OCC(COP(=O)(O)OCC(O)COP(=O)(O)OCC(COC(=O)CCCC/C=C\C/C=C\C/C=C\C/C=C\CC)OC(=O)CCCC/C=C\C/C=C\C/C=C\C/C=C\CC)OC(=O)CCCCCCCCCCCCCCCCC.